The summed E-state index contributed by atoms with van der Waals surface area (Å²) in [6, 6.07) is 14.5. The second-order valence-electron chi connectivity index (χ2n) is 5.89. The Morgan fingerprint density at radius 2 is 1.72 bits per heavy atom. The van der Waals surface area contributed by atoms with Crippen LogP contribution in [0, 0.1) is 0 Å². The lowest BCUT2D eigenvalue weighted by Crippen LogP contribution is -2.14. The quantitative estimate of drug-likeness (QED) is 0.512. The van der Waals surface area contributed by atoms with Crippen molar-refractivity contribution >= 4 is 21.5 Å². The lowest BCUT2D eigenvalue weighted by Gasteiger charge is -2.11. The van der Waals surface area contributed by atoms with E-state index in [1.807, 2.05) is 6.07 Å². The monoisotopic (exact) mass is 416 g/mol. The van der Waals surface area contributed by atoms with Gasteiger partial charge in [0, 0.05) is 23.9 Å². The predicted molar refractivity (Wildman–Crippen MR) is 108 cm³/mol. The number of rotatable bonds is 8. The zero-order valence-electron chi connectivity index (χ0n) is 15.8. The molecule has 2 aromatic carbocycles. The third-order valence-corrected chi connectivity index (χ3v) is 5.32. The average molecular weight is 416 g/mol. The van der Waals surface area contributed by atoms with E-state index >= 15 is 0 Å². The van der Waals surface area contributed by atoms with Crippen LogP contribution in [0.15, 0.2) is 59.5 Å². The van der Waals surface area contributed by atoms with Crippen molar-refractivity contribution in [2.24, 2.45) is 0 Å². The van der Waals surface area contributed by atoms with E-state index in [1.165, 1.54) is 32.4 Å². The highest BCUT2D eigenvalue weighted by atomic mass is 32.2. The molecule has 9 nitrogen and oxygen atoms in total. The molecule has 0 saturated carbocycles. The molecule has 29 heavy (non-hydrogen) atoms. The van der Waals surface area contributed by atoms with Gasteiger partial charge >= 0.3 is 6.01 Å². The van der Waals surface area contributed by atoms with Crippen molar-refractivity contribution in [1.29, 1.82) is 0 Å². The molecule has 0 saturated heterocycles. The lowest BCUT2D eigenvalue weighted by atomic mass is 10.2. The fourth-order valence-electron chi connectivity index (χ4n) is 2.46. The Morgan fingerprint density at radius 1 is 1.00 bits per heavy atom. The summed E-state index contributed by atoms with van der Waals surface area (Å²) in [4.78, 5) is 7.94. The number of benzene rings is 2. The maximum Gasteiger partial charge on any atom is 0.321 e. The summed E-state index contributed by atoms with van der Waals surface area (Å²) in [6.45, 7) is 0.400. The van der Waals surface area contributed by atoms with Gasteiger partial charge in [0.1, 0.15) is 5.75 Å². The molecule has 1 aromatic heterocycles. The van der Waals surface area contributed by atoms with Gasteiger partial charge in [-0.3, -0.25) is 4.72 Å². The molecular weight excluding hydrogens is 396 g/mol. The van der Waals surface area contributed by atoms with Crippen molar-refractivity contribution in [2.45, 2.75) is 11.4 Å². The Morgan fingerprint density at radius 3 is 2.38 bits per heavy atom. The van der Waals surface area contributed by atoms with E-state index in [1.54, 1.807) is 30.3 Å². The van der Waals surface area contributed by atoms with Crippen LogP contribution >= 0.6 is 0 Å². The summed E-state index contributed by atoms with van der Waals surface area (Å²) in [6.07, 6.45) is 0. The van der Waals surface area contributed by atoms with Crippen molar-refractivity contribution in [3.05, 3.63) is 60.2 Å². The molecule has 3 N–H and O–H groups in total. The van der Waals surface area contributed by atoms with Crippen LogP contribution in [0.25, 0.3) is 0 Å². The lowest BCUT2D eigenvalue weighted by molar-refractivity contribution is 0.353. The van der Waals surface area contributed by atoms with E-state index in [2.05, 4.69) is 20.0 Å². The Kier molecular flexibility index (Phi) is 6.03. The number of aromatic nitrogens is 2. The normalized spacial score (nSPS) is 11.0. The van der Waals surface area contributed by atoms with Gasteiger partial charge in [0.15, 0.2) is 5.82 Å². The second kappa shape index (κ2) is 8.65. The first-order valence-electron chi connectivity index (χ1n) is 8.52. The van der Waals surface area contributed by atoms with Crippen LogP contribution in [0.2, 0.25) is 0 Å². The maximum absolute atomic E-state index is 12.6. The summed E-state index contributed by atoms with van der Waals surface area (Å²) in [5.74, 6) is 0.382. The first-order valence-corrected chi connectivity index (χ1v) is 10.0. The topological polar surface area (TPSA) is 123 Å². The molecule has 0 aliphatic carbocycles. The molecule has 1 heterocycles. The van der Waals surface area contributed by atoms with E-state index in [-0.39, 0.29) is 28.4 Å². The standard InChI is InChI=1S/C19H20N4O5S/c1-27-18-11-17(21-19(22-18)28-2)23-29(25,26)15-9-7-14(8-10-15)20-12-13-5-3-4-6-16(13)24/h3-11,20,24H,12H2,1-2H3,(H,21,22,23). The van der Waals surface area contributed by atoms with E-state index in [9.17, 15) is 13.5 Å². The minimum atomic E-state index is -3.87. The molecule has 10 heteroatoms. The summed E-state index contributed by atoms with van der Waals surface area (Å²) in [5.41, 5.74) is 1.44. The number of phenolic OH excluding ortho intramolecular Hbond substituents is 1. The summed E-state index contributed by atoms with van der Waals surface area (Å²) in [5, 5.41) is 12.9. The molecule has 152 valence electrons. The average Bonchev–Trinajstić information content (AvgIpc) is 2.72. The fraction of sp³-hybridized carbons (Fsp3) is 0.158. The number of phenols is 1. The van der Waals surface area contributed by atoms with Gasteiger partial charge in [0.05, 0.1) is 19.1 Å². The number of methoxy groups -OCH3 is 2. The molecule has 0 unspecified atom stereocenters. The highest BCUT2D eigenvalue weighted by molar-refractivity contribution is 7.92. The van der Waals surface area contributed by atoms with Crippen LogP contribution in [0.4, 0.5) is 11.5 Å². The van der Waals surface area contributed by atoms with Gasteiger partial charge in [-0.25, -0.2) is 8.42 Å². The number of hydrogen-bond acceptors (Lipinski definition) is 8. The first kappa shape index (κ1) is 20.2. The summed E-state index contributed by atoms with van der Waals surface area (Å²) < 4.78 is 37.6. The molecule has 3 rings (SSSR count). The number of aromatic hydroxyl groups is 1. The van der Waals surface area contributed by atoms with Crippen molar-refractivity contribution in [2.75, 3.05) is 24.3 Å². The van der Waals surface area contributed by atoms with Crippen molar-refractivity contribution < 1.29 is 23.0 Å². The third-order valence-electron chi connectivity index (χ3n) is 3.95. The van der Waals surface area contributed by atoms with E-state index in [4.69, 9.17) is 9.47 Å². The maximum atomic E-state index is 12.6. The minimum absolute atomic E-state index is 0.0224. The number of hydrogen-bond donors (Lipinski definition) is 3. The van der Waals surface area contributed by atoms with Crippen LogP contribution in [-0.2, 0) is 16.6 Å². The second-order valence-corrected chi connectivity index (χ2v) is 7.58. The molecule has 0 atom stereocenters. The number of sulfonamides is 1. The summed E-state index contributed by atoms with van der Waals surface area (Å²) in [7, 11) is -1.10. The Labute approximate surface area is 168 Å². The molecule has 0 bridgehead atoms. The molecule has 3 aromatic rings. The zero-order valence-corrected chi connectivity index (χ0v) is 16.6. The number of anilines is 2. The number of ether oxygens (including phenoxy) is 2. The van der Waals surface area contributed by atoms with Gasteiger partial charge < -0.3 is 19.9 Å². The number of nitrogens with zero attached hydrogens (tertiary/aromatic N) is 2. The smallest absolute Gasteiger partial charge is 0.321 e. The van der Waals surface area contributed by atoms with Crippen LogP contribution < -0.4 is 19.5 Å². The molecule has 0 amide bonds. The van der Waals surface area contributed by atoms with Gasteiger partial charge in [-0.05, 0) is 30.3 Å². The van der Waals surface area contributed by atoms with Gasteiger partial charge in [0.2, 0.25) is 5.88 Å². The largest absolute Gasteiger partial charge is 0.508 e. The van der Waals surface area contributed by atoms with E-state index in [0.717, 1.165) is 5.56 Å². The highest BCUT2D eigenvalue weighted by Gasteiger charge is 2.17. The summed E-state index contributed by atoms with van der Waals surface area (Å²) >= 11 is 0. The van der Waals surface area contributed by atoms with Gasteiger partial charge in [-0.15, -0.1) is 0 Å². The molecule has 0 spiro atoms. The first-order chi connectivity index (χ1) is 13.9. The molecule has 0 aliphatic rings. The number of nitrogens with one attached hydrogen (secondary N) is 2. The van der Waals surface area contributed by atoms with Gasteiger partial charge in [-0.1, -0.05) is 18.2 Å². The highest BCUT2D eigenvalue weighted by Crippen LogP contribution is 2.22. The Balaban J connectivity index is 1.72. The van der Waals surface area contributed by atoms with Crippen LogP contribution in [0.1, 0.15) is 5.56 Å². The van der Waals surface area contributed by atoms with Gasteiger partial charge in [-0.2, -0.15) is 9.97 Å². The minimum Gasteiger partial charge on any atom is -0.508 e. The van der Waals surface area contributed by atoms with Crippen molar-refractivity contribution in [1.82, 2.24) is 9.97 Å². The third kappa shape index (κ3) is 5.05. The van der Waals surface area contributed by atoms with Crippen LogP contribution in [-0.4, -0.2) is 37.7 Å². The van der Waals surface area contributed by atoms with Crippen LogP contribution in [0.5, 0.6) is 17.6 Å². The fourth-order valence-corrected chi connectivity index (χ4v) is 3.45. The van der Waals surface area contributed by atoms with Crippen molar-refractivity contribution in [3.63, 3.8) is 0 Å². The molecular formula is C19H20N4O5S. The molecule has 0 fully saturated rings. The van der Waals surface area contributed by atoms with Crippen molar-refractivity contribution in [3.8, 4) is 17.6 Å². The zero-order chi connectivity index (χ0) is 20.9. The van der Waals surface area contributed by atoms with E-state index in [0.29, 0.717) is 12.2 Å². The predicted octanol–water partition coefficient (Wildman–Crippen LogP) is 2.61. The van der Waals surface area contributed by atoms with Crippen LogP contribution in [0.3, 0.4) is 0 Å². The number of para-hydroxylation sites is 1. The molecule has 0 aliphatic heterocycles. The molecule has 0 radical (unpaired) electrons. The van der Waals surface area contributed by atoms with E-state index < -0.39 is 10.0 Å². The Bertz CT molecular complexity index is 1070. The SMILES string of the molecule is COc1cc(NS(=O)(=O)c2ccc(NCc3ccccc3O)cc2)nc(OC)n1. The Hall–Kier alpha value is -3.53. The van der Waals surface area contributed by atoms with Gasteiger partial charge in [0.25, 0.3) is 10.0 Å².